The molecule has 0 aliphatic carbocycles. The molecule has 6 nitrogen and oxygen atoms in total. The second-order valence-corrected chi connectivity index (χ2v) is 10.7. The zero-order valence-corrected chi connectivity index (χ0v) is 20.2. The van der Waals surface area contributed by atoms with Crippen LogP contribution in [0.15, 0.2) is 83.8 Å². The summed E-state index contributed by atoms with van der Waals surface area (Å²) in [5, 5.41) is 2.93. The van der Waals surface area contributed by atoms with Crippen LogP contribution in [0.3, 0.4) is 0 Å². The van der Waals surface area contributed by atoms with Crippen LogP contribution in [0.2, 0.25) is 0 Å². The van der Waals surface area contributed by atoms with Gasteiger partial charge in [0.2, 0.25) is 10.0 Å². The van der Waals surface area contributed by atoms with Gasteiger partial charge in [-0.3, -0.25) is 9.69 Å². The number of amides is 1. The number of nitrogens with one attached hydrogen (secondary N) is 2. The fourth-order valence-corrected chi connectivity index (χ4v) is 5.40. The molecule has 0 spiro atoms. The van der Waals surface area contributed by atoms with Crippen molar-refractivity contribution < 1.29 is 13.2 Å². The molecule has 1 aliphatic rings. The van der Waals surface area contributed by atoms with Crippen LogP contribution in [-0.2, 0) is 16.6 Å². The summed E-state index contributed by atoms with van der Waals surface area (Å²) in [5.74, 6) is 0.119. The van der Waals surface area contributed by atoms with Crippen LogP contribution in [0, 0.1) is 12.8 Å². The predicted octanol–water partition coefficient (Wildman–Crippen LogP) is 4.44. The van der Waals surface area contributed by atoms with Gasteiger partial charge in [0.25, 0.3) is 5.91 Å². The molecule has 3 aromatic carbocycles. The number of para-hydroxylation sites is 1. The van der Waals surface area contributed by atoms with Crippen molar-refractivity contribution in [2.45, 2.75) is 31.2 Å². The molecule has 1 aliphatic heterocycles. The molecule has 1 saturated heterocycles. The topological polar surface area (TPSA) is 78.5 Å². The summed E-state index contributed by atoms with van der Waals surface area (Å²) in [4.78, 5) is 15.3. The van der Waals surface area contributed by atoms with Gasteiger partial charge in [0.15, 0.2) is 0 Å². The van der Waals surface area contributed by atoms with E-state index in [9.17, 15) is 13.2 Å². The van der Waals surface area contributed by atoms with E-state index in [2.05, 4.69) is 14.9 Å². The number of carbonyl (C=O) groups is 1. The first-order valence-electron chi connectivity index (χ1n) is 11.6. The van der Waals surface area contributed by atoms with Gasteiger partial charge in [-0.25, -0.2) is 13.1 Å². The van der Waals surface area contributed by atoms with Gasteiger partial charge in [0.1, 0.15) is 0 Å². The molecule has 1 amide bonds. The molecule has 0 radical (unpaired) electrons. The Balaban J connectivity index is 1.32. The Morgan fingerprint density at radius 2 is 1.76 bits per heavy atom. The van der Waals surface area contributed by atoms with E-state index in [1.165, 1.54) is 0 Å². The predicted molar refractivity (Wildman–Crippen MR) is 135 cm³/mol. The van der Waals surface area contributed by atoms with E-state index in [0.717, 1.165) is 49.3 Å². The summed E-state index contributed by atoms with van der Waals surface area (Å²) in [6.07, 6.45) is 2.01. The summed E-state index contributed by atoms with van der Waals surface area (Å²) in [5.41, 5.74) is 3.50. The lowest BCUT2D eigenvalue weighted by molar-refractivity contribution is 0.102. The Morgan fingerprint density at radius 3 is 2.53 bits per heavy atom. The Bertz CT molecular complexity index is 1210. The third-order valence-electron chi connectivity index (χ3n) is 6.12. The average molecular weight is 478 g/mol. The van der Waals surface area contributed by atoms with Crippen molar-refractivity contribution >= 4 is 21.6 Å². The van der Waals surface area contributed by atoms with Crippen LogP contribution >= 0.6 is 0 Å². The molecule has 2 N–H and O–H groups in total. The monoisotopic (exact) mass is 477 g/mol. The number of aryl methyl sites for hydroxylation is 1. The van der Waals surface area contributed by atoms with Crippen molar-refractivity contribution in [1.29, 1.82) is 0 Å². The average Bonchev–Trinajstić information content (AvgIpc) is 2.84. The SMILES string of the molecule is Cc1ccc(S(=O)(=O)NCC2CCCN(Cc3cccc(C(=O)Nc4ccccc4)c3)C2)cc1. The highest BCUT2D eigenvalue weighted by Gasteiger charge is 2.23. The molecule has 3 aromatic rings. The van der Waals surface area contributed by atoms with Crippen LogP contribution in [0.4, 0.5) is 5.69 Å². The van der Waals surface area contributed by atoms with Crippen LogP contribution in [-0.4, -0.2) is 38.9 Å². The van der Waals surface area contributed by atoms with E-state index in [1.807, 2.05) is 73.7 Å². The summed E-state index contributed by atoms with van der Waals surface area (Å²) >= 11 is 0. The third-order valence-corrected chi connectivity index (χ3v) is 7.56. The lowest BCUT2D eigenvalue weighted by atomic mass is 9.97. The van der Waals surface area contributed by atoms with E-state index in [0.29, 0.717) is 17.0 Å². The summed E-state index contributed by atoms with van der Waals surface area (Å²) < 4.78 is 28.0. The normalized spacial score (nSPS) is 16.8. The number of benzene rings is 3. The fourth-order valence-electron chi connectivity index (χ4n) is 4.28. The molecular weight excluding hydrogens is 446 g/mol. The fraction of sp³-hybridized carbons (Fsp3) is 0.296. The van der Waals surface area contributed by atoms with E-state index in [4.69, 9.17) is 0 Å². The lowest BCUT2D eigenvalue weighted by Gasteiger charge is -2.33. The summed E-state index contributed by atoms with van der Waals surface area (Å²) in [6, 6.07) is 24.0. The smallest absolute Gasteiger partial charge is 0.255 e. The van der Waals surface area contributed by atoms with Gasteiger partial charge in [0, 0.05) is 30.9 Å². The molecule has 1 fully saturated rings. The number of hydrogen-bond acceptors (Lipinski definition) is 4. The number of sulfonamides is 1. The second kappa shape index (κ2) is 11.0. The van der Waals surface area contributed by atoms with Crippen molar-refractivity contribution in [3.05, 3.63) is 95.6 Å². The molecule has 1 unspecified atom stereocenters. The minimum atomic E-state index is -3.51. The van der Waals surface area contributed by atoms with Crippen LogP contribution in [0.5, 0.6) is 0 Å². The molecule has 7 heteroatoms. The maximum atomic E-state index is 12.6. The van der Waals surface area contributed by atoms with E-state index >= 15 is 0 Å². The van der Waals surface area contributed by atoms with Gasteiger partial charge in [-0.2, -0.15) is 0 Å². The van der Waals surface area contributed by atoms with E-state index in [-0.39, 0.29) is 11.8 Å². The lowest BCUT2D eigenvalue weighted by Crippen LogP contribution is -2.40. The van der Waals surface area contributed by atoms with Crippen molar-refractivity contribution in [2.75, 3.05) is 25.0 Å². The van der Waals surface area contributed by atoms with Gasteiger partial charge < -0.3 is 5.32 Å². The number of carbonyl (C=O) groups excluding carboxylic acids is 1. The number of nitrogens with zero attached hydrogens (tertiary/aromatic N) is 1. The minimum absolute atomic E-state index is 0.130. The number of piperidine rings is 1. The van der Waals surface area contributed by atoms with Gasteiger partial charge >= 0.3 is 0 Å². The Labute approximate surface area is 202 Å². The number of rotatable bonds is 8. The van der Waals surface area contributed by atoms with Crippen LogP contribution < -0.4 is 10.0 Å². The molecule has 4 rings (SSSR count). The molecular formula is C27H31N3O3S. The van der Waals surface area contributed by atoms with Crippen molar-refractivity contribution in [3.63, 3.8) is 0 Å². The van der Waals surface area contributed by atoms with Gasteiger partial charge in [-0.15, -0.1) is 0 Å². The molecule has 0 bridgehead atoms. The zero-order valence-electron chi connectivity index (χ0n) is 19.4. The Hall–Kier alpha value is -3.00. The molecule has 1 atom stereocenters. The van der Waals surface area contributed by atoms with Crippen molar-refractivity contribution in [2.24, 2.45) is 5.92 Å². The molecule has 0 saturated carbocycles. The first-order chi connectivity index (χ1) is 16.4. The van der Waals surface area contributed by atoms with Gasteiger partial charge in [-0.1, -0.05) is 48.0 Å². The first kappa shape index (κ1) is 24.1. The summed E-state index contributed by atoms with van der Waals surface area (Å²) in [6.45, 7) is 4.87. The summed E-state index contributed by atoms with van der Waals surface area (Å²) in [7, 11) is -3.51. The highest BCUT2D eigenvalue weighted by atomic mass is 32.2. The van der Waals surface area contributed by atoms with Crippen LogP contribution in [0.25, 0.3) is 0 Å². The first-order valence-corrected chi connectivity index (χ1v) is 13.1. The van der Waals surface area contributed by atoms with Crippen LogP contribution in [0.1, 0.15) is 34.3 Å². The van der Waals surface area contributed by atoms with Crippen molar-refractivity contribution in [1.82, 2.24) is 9.62 Å². The Morgan fingerprint density at radius 1 is 1.00 bits per heavy atom. The molecule has 178 valence electrons. The van der Waals surface area contributed by atoms with Gasteiger partial charge in [-0.05, 0) is 74.2 Å². The molecule has 34 heavy (non-hydrogen) atoms. The van der Waals surface area contributed by atoms with E-state index < -0.39 is 10.0 Å². The van der Waals surface area contributed by atoms with Crippen molar-refractivity contribution in [3.8, 4) is 0 Å². The Kier molecular flexibility index (Phi) is 7.77. The maximum absolute atomic E-state index is 12.6. The maximum Gasteiger partial charge on any atom is 0.255 e. The highest BCUT2D eigenvalue weighted by molar-refractivity contribution is 7.89. The highest BCUT2D eigenvalue weighted by Crippen LogP contribution is 2.20. The number of likely N-dealkylation sites (tertiary alicyclic amines) is 1. The second-order valence-electron chi connectivity index (χ2n) is 8.93. The minimum Gasteiger partial charge on any atom is -0.322 e. The largest absolute Gasteiger partial charge is 0.322 e. The van der Waals surface area contributed by atoms with E-state index in [1.54, 1.807) is 12.1 Å². The molecule has 1 heterocycles. The zero-order chi connectivity index (χ0) is 24.0. The van der Waals surface area contributed by atoms with Gasteiger partial charge in [0.05, 0.1) is 4.90 Å². The number of anilines is 1. The quantitative estimate of drug-likeness (QED) is 0.503. The molecule has 0 aromatic heterocycles. The number of hydrogen-bond donors (Lipinski definition) is 2. The standard InChI is InChI=1S/C27H31N3O3S/c1-21-12-14-26(15-13-21)34(32,33)28-18-23-8-6-16-30(20-23)19-22-7-5-9-24(17-22)27(31)29-25-10-3-2-4-11-25/h2-5,7,9-15,17,23,28H,6,8,16,18-20H2,1H3,(H,29,31). The third kappa shape index (κ3) is 6.53.